The molecule has 1 aromatic heterocycles. The Morgan fingerprint density at radius 1 is 1.47 bits per heavy atom. The monoisotopic (exact) mass is 298 g/mol. The van der Waals surface area contributed by atoms with E-state index in [-0.39, 0.29) is 12.5 Å². The van der Waals surface area contributed by atoms with Crippen molar-refractivity contribution in [3.05, 3.63) is 28.5 Å². The van der Waals surface area contributed by atoms with Crippen molar-refractivity contribution < 1.29 is 9.90 Å². The van der Waals surface area contributed by atoms with Crippen LogP contribution in [-0.4, -0.2) is 40.6 Å². The van der Waals surface area contributed by atoms with Crippen LogP contribution in [0.25, 0.3) is 0 Å². The second-order valence-electron chi connectivity index (χ2n) is 4.28. The zero-order valence-electron chi connectivity index (χ0n) is 9.47. The number of rotatable bonds is 2. The lowest BCUT2D eigenvalue weighted by Crippen LogP contribution is -2.39. The predicted molar refractivity (Wildman–Crippen MR) is 67.7 cm³/mol. The number of hydrogen-bond acceptors (Lipinski definition) is 3. The molecule has 0 bridgehead atoms. The van der Waals surface area contributed by atoms with Crippen LogP contribution in [-0.2, 0) is 0 Å². The first-order chi connectivity index (χ1) is 8.20. The topological polar surface area (TPSA) is 53.4 Å². The normalized spacial score (nSPS) is 17.2. The third-order valence-electron chi connectivity index (χ3n) is 3.11. The Morgan fingerprint density at radius 3 is 2.71 bits per heavy atom. The van der Waals surface area contributed by atoms with Gasteiger partial charge in [0.2, 0.25) is 0 Å². The zero-order chi connectivity index (χ0) is 12.3. The summed E-state index contributed by atoms with van der Waals surface area (Å²) in [5, 5.41) is 9.04. The fourth-order valence-electron chi connectivity index (χ4n) is 1.98. The van der Waals surface area contributed by atoms with Gasteiger partial charge in [-0.25, -0.2) is 4.98 Å². The molecular formula is C12H15BrN2O2. The number of halogens is 1. The maximum atomic E-state index is 12.1. The number of pyridine rings is 1. The van der Waals surface area contributed by atoms with Crippen LogP contribution in [0.4, 0.5) is 0 Å². The number of nitrogens with zero attached hydrogens (tertiary/aromatic N) is 2. The van der Waals surface area contributed by atoms with Crippen LogP contribution in [0.3, 0.4) is 0 Å². The van der Waals surface area contributed by atoms with Gasteiger partial charge in [-0.05, 0) is 46.8 Å². The van der Waals surface area contributed by atoms with Gasteiger partial charge in [-0.15, -0.1) is 0 Å². The third kappa shape index (κ3) is 3.04. The Labute approximate surface area is 109 Å². The van der Waals surface area contributed by atoms with Crippen molar-refractivity contribution in [2.75, 3.05) is 19.7 Å². The van der Waals surface area contributed by atoms with Gasteiger partial charge in [0.25, 0.3) is 5.91 Å². The summed E-state index contributed by atoms with van der Waals surface area (Å²) in [5.74, 6) is 0.325. The van der Waals surface area contributed by atoms with E-state index in [1.807, 2.05) is 11.0 Å². The number of piperidine rings is 1. The summed E-state index contributed by atoms with van der Waals surface area (Å²) in [6.07, 6.45) is 3.38. The lowest BCUT2D eigenvalue weighted by molar-refractivity contribution is 0.0645. The Hall–Kier alpha value is -0.940. The van der Waals surface area contributed by atoms with Crippen molar-refractivity contribution in [2.45, 2.75) is 12.8 Å². The van der Waals surface area contributed by atoms with Crippen molar-refractivity contribution in [3.63, 3.8) is 0 Å². The summed E-state index contributed by atoms with van der Waals surface area (Å²) < 4.78 is 0.869. The average Bonchev–Trinajstić information content (AvgIpc) is 2.39. The molecule has 1 aromatic rings. The van der Waals surface area contributed by atoms with Crippen molar-refractivity contribution in [2.24, 2.45) is 5.92 Å². The molecule has 1 saturated heterocycles. The lowest BCUT2D eigenvalue weighted by atomic mass is 9.98. The van der Waals surface area contributed by atoms with Gasteiger partial charge < -0.3 is 10.0 Å². The molecule has 92 valence electrons. The quantitative estimate of drug-likeness (QED) is 0.904. The molecule has 0 spiro atoms. The molecule has 0 saturated carbocycles. The summed E-state index contributed by atoms with van der Waals surface area (Å²) in [5.41, 5.74) is 0.482. The van der Waals surface area contributed by atoms with Crippen molar-refractivity contribution in [1.29, 1.82) is 0 Å². The molecule has 2 rings (SSSR count). The number of aliphatic hydroxyl groups excluding tert-OH is 1. The molecule has 0 atom stereocenters. The molecule has 17 heavy (non-hydrogen) atoms. The molecule has 1 aliphatic rings. The van der Waals surface area contributed by atoms with Crippen LogP contribution in [0, 0.1) is 5.92 Å². The van der Waals surface area contributed by atoms with Gasteiger partial charge in [0.15, 0.2) is 0 Å². The second-order valence-corrected chi connectivity index (χ2v) is 5.20. The minimum atomic E-state index is -0.0195. The number of carbonyl (C=O) groups is 1. The first-order valence-corrected chi connectivity index (χ1v) is 6.51. The fraction of sp³-hybridized carbons (Fsp3) is 0.500. The predicted octanol–water partition coefficient (Wildman–Crippen LogP) is 1.69. The molecule has 4 nitrogen and oxygen atoms in total. The maximum Gasteiger partial charge on any atom is 0.272 e. The van der Waals surface area contributed by atoms with E-state index in [4.69, 9.17) is 5.11 Å². The van der Waals surface area contributed by atoms with Crippen molar-refractivity contribution in [3.8, 4) is 0 Å². The Bertz CT molecular complexity index is 386. The third-order valence-corrected chi connectivity index (χ3v) is 3.58. The molecule has 0 radical (unpaired) electrons. The molecule has 1 N–H and O–H groups in total. The van der Waals surface area contributed by atoms with E-state index in [1.54, 1.807) is 12.3 Å². The van der Waals surface area contributed by atoms with E-state index in [0.717, 1.165) is 17.3 Å². The van der Waals surface area contributed by atoms with Crippen LogP contribution in [0.5, 0.6) is 0 Å². The number of carbonyl (C=O) groups excluding carboxylic acids is 1. The van der Waals surface area contributed by atoms with Crippen LogP contribution in [0.15, 0.2) is 22.8 Å². The maximum absolute atomic E-state index is 12.1. The largest absolute Gasteiger partial charge is 0.396 e. The Morgan fingerprint density at radius 2 is 2.18 bits per heavy atom. The Kier molecular flexibility index (Phi) is 4.12. The van der Waals surface area contributed by atoms with Crippen LogP contribution in [0.2, 0.25) is 0 Å². The number of likely N-dealkylation sites (tertiary alicyclic amines) is 1. The fourth-order valence-corrected chi connectivity index (χ4v) is 2.22. The van der Waals surface area contributed by atoms with E-state index in [2.05, 4.69) is 20.9 Å². The number of aromatic nitrogens is 1. The highest BCUT2D eigenvalue weighted by Crippen LogP contribution is 2.18. The molecule has 0 aromatic carbocycles. The van der Waals surface area contributed by atoms with Gasteiger partial charge in [-0.1, -0.05) is 0 Å². The summed E-state index contributed by atoms with van der Waals surface area (Å²) in [6, 6.07) is 3.55. The highest BCUT2D eigenvalue weighted by molar-refractivity contribution is 9.10. The summed E-state index contributed by atoms with van der Waals surface area (Å²) in [6.45, 7) is 1.64. The summed E-state index contributed by atoms with van der Waals surface area (Å²) in [7, 11) is 0. The molecule has 0 aliphatic carbocycles. The number of amides is 1. The molecule has 5 heteroatoms. The molecule has 2 heterocycles. The summed E-state index contributed by atoms with van der Waals surface area (Å²) in [4.78, 5) is 18.0. The minimum Gasteiger partial charge on any atom is -0.396 e. The van der Waals surface area contributed by atoms with Crippen LogP contribution < -0.4 is 0 Å². The van der Waals surface area contributed by atoms with Crippen LogP contribution >= 0.6 is 15.9 Å². The number of hydrogen-bond donors (Lipinski definition) is 1. The summed E-state index contributed by atoms with van der Waals surface area (Å²) >= 11 is 3.29. The van der Waals surface area contributed by atoms with Crippen LogP contribution in [0.1, 0.15) is 23.3 Å². The van der Waals surface area contributed by atoms with Gasteiger partial charge in [0, 0.05) is 30.4 Å². The molecule has 0 unspecified atom stereocenters. The first-order valence-electron chi connectivity index (χ1n) is 5.72. The van der Waals surface area contributed by atoms with E-state index in [9.17, 15) is 4.79 Å². The molecule has 1 aliphatic heterocycles. The van der Waals surface area contributed by atoms with Gasteiger partial charge >= 0.3 is 0 Å². The van der Waals surface area contributed by atoms with Crippen molar-refractivity contribution >= 4 is 21.8 Å². The van der Waals surface area contributed by atoms with E-state index >= 15 is 0 Å². The van der Waals surface area contributed by atoms with Gasteiger partial charge in [0.05, 0.1) is 0 Å². The lowest BCUT2D eigenvalue weighted by Gasteiger charge is -2.30. The van der Waals surface area contributed by atoms with Gasteiger partial charge in [-0.2, -0.15) is 0 Å². The zero-order valence-corrected chi connectivity index (χ0v) is 11.1. The smallest absolute Gasteiger partial charge is 0.272 e. The highest BCUT2D eigenvalue weighted by Gasteiger charge is 2.23. The first kappa shape index (κ1) is 12.5. The minimum absolute atomic E-state index is 0.0195. The SMILES string of the molecule is O=C(c1ccc(Br)cn1)N1CCC(CO)CC1. The molecular weight excluding hydrogens is 284 g/mol. The van der Waals surface area contributed by atoms with E-state index < -0.39 is 0 Å². The van der Waals surface area contributed by atoms with E-state index in [0.29, 0.717) is 24.7 Å². The van der Waals surface area contributed by atoms with Crippen molar-refractivity contribution in [1.82, 2.24) is 9.88 Å². The number of aliphatic hydroxyl groups is 1. The standard InChI is InChI=1S/C12H15BrN2O2/c13-10-1-2-11(14-7-10)12(17)15-5-3-9(8-16)4-6-15/h1-2,7,9,16H,3-6,8H2. The van der Waals surface area contributed by atoms with Gasteiger partial charge in [0.1, 0.15) is 5.69 Å². The molecule has 1 amide bonds. The van der Waals surface area contributed by atoms with E-state index in [1.165, 1.54) is 0 Å². The second kappa shape index (κ2) is 5.60. The average molecular weight is 299 g/mol. The highest BCUT2D eigenvalue weighted by atomic mass is 79.9. The van der Waals surface area contributed by atoms with Gasteiger partial charge in [-0.3, -0.25) is 4.79 Å². The molecule has 1 fully saturated rings. The Balaban J connectivity index is 1.99.